The van der Waals surface area contributed by atoms with E-state index in [1.54, 1.807) is 18.2 Å². The highest BCUT2D eigenvalue weighted by Crippen LogP contribution is 2.14. The molecular weight excluding hydrogens is 258 g/mol. The van der Waals surface area contributed by atoms with Crippen LogP contribution in [-0.4, -0.2) is 28.5 Å². The topological polar surface area (TPSA) is 113 Å². The second-order valence-corrected chi connectivity index (χ2v) is 4.82. The lowest BCUT2D eigenvalue weighted by molar-refractivity contribution is -0.123. The second-order valence-electron chi connectivity index (χ2n) is 4.82. The van der Waals surface area contributed by atoms with Gasteiger partial charge in [-0.25, -0.2) is 4.98 Å². The number of aromatic amines is 1. The summed E-state index contributed by atoms with van der Waals surface area (Å²) in [6.45, 7) is 0.692. The normalized spacial score (nSPS) is 18.8. The maximum atomic E-state index is 12.0. The molecule has 1 aliphatic rings. The first-order chi connectivity index (χ1) is 9.63. The molecule has 0 radical (unpaired) electrons. The molecule has 1 unspecified atom stereocenters. The molecule has 104 valence electrons. The monoisotopic (exact) mass is 273 g/mol. The number of rotatable bonds is 2. The largest absolute Gasteiger partial charge is 0.399 e. The van der Waals surface area contributed by atoms with Crippen LogP contribution < -0.4 is 21.9 Å². The van der Waals surface area contributed by atoms with Gasteiger partial charge in [0.2, 0.25) is 11.9 Å². The van der Waals surface area contributed by atoms with Gasteiger partial charge in [-0.05, 0) is 31.0 Å². The fourth-order valence-corrected chi connectivity index (χ4v) is 2.30. The van der Waals surface area contributed by atoms with Crippen molar-refractivity contribution in [1.29, 1.82) is 0 Å². The van der Waals surface area contributed by atoms with Crippen LogP contribution in [0.25, 0.3) is 10.9 Å². The Kier molecular flexibility index (Phi) is 3.02. The lowest BCUT2D eigenvalue weighted by atomic mass is 10.1. The standard InChI is InChI=1S/C13H15N5O2/c14-7-3-4-9-8(6-7)11(19)18-13(16-9)17-10-2-1-5-15-12(10)20/h3-4,6,10H,1-2,5,14H2,(H,15,20)(H2,16,17,18,19). The molecule has 2 heterocycles. The fourth-order valence-electron chi connectivity index (χ4n) is 2.30. The smallest absolute Gasteiger partial charge is 0.260 e. The number of nitrogens with zero attached hydrogens (tertiary/aromatic N) is 1. The van der Waals surface area contributed by atoms with Crippen molar-refractivity contribution in [2.45, 2.75) is 18.9 Å². The zero-order valence-corrected chi connectivity index (χ0v) is 10.8. The van der Waals surface area contributed by atoms with Gasteiger partial charge in [-0.2, -0.15) is 0 Å². The first-order valence-electron chi connectivity index (χ1n) is 6.47. The molecule has 1 aliphatic heterocycles. The summed E-state index contributed by atoms with van der Waals surface area (Å²) in [5.41, 5.74) is 6.43. The number of nitrogens with one attached hydrogen (secondary N) is 3. The lowest BCUT2D eigenvalue weighted by Crippen LogP contribution is -2.44. The minimum Gasteiger partial charge on any atom is -0.399 e. The second kappa shape index (κ2) is 4.84. The Hall–Kier alpha value is -2.57. The Morgan fingerprint density at radius 2 is 2.20 bits per heavy atom. The average Bonchev–Trinajstić information content (AvgIpc) is 2.42. The Balaban J connectivity index is 1.94. The van der Waals surface area contributed by atoms with Crippen LogP contribution in [0.15, 0.2) is 23.0 Å². The van der Waals surface area contributed by atoms with Crippen molar-refractivity contribution in [2.75, 3.05) is 17.6 Å². The number of fused-ring (bicyclic) bond motifs is 1. The van der Waals surface area contributed by atoms with E-state index in [1.807, 2.05) is 0 Å². The number of hydrogen-bond donors (Lipinski definition) is 4. The molecular formula is C13H15N5O2. The number of amides is 1. The van der Waals surface area contributed by atoms with E-state index in [-0.39, 0.29) is 17.5 Å². The van der Waals surface area contributed by atoms with Crippen LogP contribution in [0.2, 0.25) is 0 Å². The summed E-state index contributed by atoms with van der Waals surface area (Å²) < 4.78 is 0. The van der Waals surface area contributed by atoms with Gasteiger partial charge in [0.05, 0.1) is 10.9 Å². The average molecular weight is 273 g/mol. The molecule has 20 heavy (non-hydrogen) atoms. The number of nitrogen functional groups attached to an aromatic ring is 1. The molecule has 0 saturated carbocycles. The number of benzene rings is 1. The number of H-pyrrole nitrogens is 1. The van der Waals surface area contributed by atoms with Gasteiger partial charge in [-0.15, -0.1) is 0 Å². The van der Waals surface area contributed by atoms with Gasteiger partial charge in [-0.3, -0.25) is 14.6 Å². The summed E-state index contributed by atoms with van der Waals surface area (Å²) in [6.07, 6.45) is 1.62. The van der Waals surface area contributed by atoms with Gasteiger partial charge in [0, 0.05) is 12.2 Å². The first kappa shape index (κ1) is 12.5. The number of hydrogen-bond acceptors (Lipinski definition) is 5. The van der Waals surface area contributed by atoms with Crippen LogP contribution in [0, 0.1) is 0 Å². The van der Waals surface area contributed by atoms with E-state index < -0.39 is 0 Å². The molecule has 2 aromatic rings. The predicted octanol–water partition coefficient (Wildman–Crippen LogP) is 0.196. The van der Waals surface area contributed by atoms with Crippen LogP contribution in [0.1, 0.15) is 12.8 Å². The SMILES string of the molecule is Nc1ccc2nc(NC3CCCNC3=O)[nH]c(=O)c2c1. The Morgan fingerprint density at radius 3 is 3.00 bits per heavy atom. The molecule has 1 aromatic heterocycles. The number of nitrogens with two attached hydrogens (primary N) is 1. The molecule has 1 amide bonds. The zero-order valence-electron chi connectivity index (χ0n) is 10.8. The molecule has 0 bridgehead atoms. The summed E-state index contributed by atoms with van der Waals surface area (Å²) in [4.78, 5) is 30.6. The number of piperidine rings is 1. The minimum absolute atomic E-state index is 0.0729. The van der Waals surface area contributed by atoms with Crippen LogP contribution in [0.5, 0.6) is 0 Å². The number of carbonyl (C=O) groups is 1. The van der Waals surface area contributed by atoms with Gasteiger partial charge in [0.1, 0.15) is 6.04 Å². The zero-order chi connectivity index (χ0) is 14.1. The van der Waals surface area contributed by atoms with E-state index in [2.05, 4.69) is 20.6 Å². The number of anilines is 2. The van der Waals surface area contributed by atoms with E-state index >= 15 is 0 Å². The summed E-state index contributed by atoms with van der Waals surface area (Å²) in [5, 5.41) is 6.18. The van der Waals surface area contributed by atoms with Crippen molar-refractivity contribution in [1.82, 2.24) is 15.3 Å². The molecule has 5 N–H and O–H groups in total. The molecule has 7 heteroatoms. The van der Waals surface area contributed by atoms with Crippen molar-refractivity contribution in [3.63, 3.8) is 0 Å². The number of aromatic nitrogens is 2. The van der Waals surface area contributed by atoms with Gasteiger partial charge in [0.15, 0.2) is 0 Å². The third-order valence-electron chi connectivity index (χ3n) is 3.33. The Morgan fingerprint density at radius 1 is 1.35 bits per heavy atom. The van der Waals surface area contributed by atoms with E-state index in [9.17, 15) is 9.59 Å². The molecule has 7 nitrogen and oxygen atoms in total. The van der Waals surface area contributed by atoms with Crippen LogP contribution >= 0.6 is 0 Å². The van der Waals surface area contributed by atoms with Crippen molar-refractivity contribution in [2.24, 2.45) is 0 Å². The highest BCUT2D eigenvalue weighted by atomic mass is 16.2. The molecule has 1 aromatic carbocycles. The Labute approximate surface area is 114 Å². The summed E-state index contributed by atoms with van der Waals surface area (Å²) in [5.74, 6) is 0.227. The predicted molar refractivity (Wildman–Crippen MR) is 76.4 cm³/mol. The highest BCUT2D eigenvalue weighted by Gasteiger charge is 2.22. The fraction of sp³-hybridized carbons (Fsp3) is 0.308. The molecule has 3 rings (SSSR count). The van der Waals surface area contributed by atoms with Crippen LogP contribution in [-0.2, 0) is 4.79 Å². The molecule has 1 saturated heterocycles. The summed E-state index contributed by atoms with van der Waals surface area (Å²) in [7, 11) is 0. The summed E-state index contributed by atoms with van der Waals surface area (Å²) >= 11 is 0. The molecule has 1 fully saturated rings. The van der Waals surface area contributed by atoms with Crippen molar-refractivity contribution >= 4 is 28.4 Å². The molecule has 0 spiro atoms. The third-order valence-corrected chi connectivity index (χ3v) is 3.33. The van der Waals surface area contributed by atoms with Gasteiger partial charge in [-0.1, -0.05) is 0 Å². The van der Waals surface area contributed by atoms with Gasteiger partial charge in [0.25, 0.3) is 5.56 Å². The first-order valence-corrected chi connectivity index (χ1v) is 6.47. The van der Waals surface area contributed by atoms with Crippen molar-refractivity contribution in [3.8, 4) is 0 Å². The van der Waals surface area contributed by atoms with E-state index in [0.717, 1.165) is 12.8 Å². The quantitative estimate of drug-likeness (QED) is 0.584. The summed E-state index contributed by atoms with van der Waals surface area (Å²) in [6, 6.07) is 4.59. The molecule has 0 aliphatic carbocycles. The third kappa shape index (κ3) is 2.29. The van der Waals surface area contributed by atoms with E-state index in [1.165, 1.54) is 0 Å². The van der Waals surface area contributed by atoms with E-state index in [4.69, 9.17) is 5.73 Å². The van der Waals surface area contributed by atoms with Gasteiger partial charge < -0.3 is 16.4 Å². The number of carbonyl (C=O) groups excluding carboxylic acids is 1. The maximum absolute atomic E-state index is 12.0. The maximum Gasteiger partial charge on any atom is 0.260 e. The lowest BCUT2D eigenvalue weighted by Gasteiger charge is -2.22. The van der Waals surface area contributed by atoms with Crippen LogP contribution in [0.4, 0.5) is 11.6 Å². The van der Waals surface area contributed by atoms with Crippen molar-refractivity contribution < 1.29 is 4.79 Å². The minimum atomic E-state index is -0.363. The van der Waals surface area contributed by atoms with Crippen LogP contribution in [0.3, 0.4) is 0 Å². The van der Waals surface area contributed by atoms with Crippen molar-refractivity contribution in [3.05, 3.63) is 28.6 Å². The highest BCUT2D eigenvalue weighted by molar-refractivity contribution is 5.85. The van der Waals surface area contributed by atoms with E-state index in [0.29, 0.717) is 29.1 Å². The molecule has 1 atom stereocenters. The van der Waals surface area contributed by atoms with Gasteiger partial charge >= 0.3 is 0 Å². The Bertz CT molecular complexity index is 724.